The molecule has 2 rings (SSSR count). The van der Waals surface area contributed by atoms with Gasteiger partial charge in [0.1, 0.15) is 0 Å². The molecule has 2 aliphatic rings. The molecule has 1 aliphatic heterocycles. The van der Waals surface area contributed by atoms with Gasteiger partial charge < -0.3 is 4.74 Å². The third-order valence-corrected chi connectivity index (χ3v) is 3.15. The van der Waals surface area contributed by atoms with Crippen LogP contribution in [0.3, 0.4) is 0 Å². The molecule has 0 N–H and O–H groups in total. The Balaban J connectivity index is 1.94. The maximum absolute atomic E-state index is 10.9. The van der Waals surface area contributed by atoms with Gasteiger partial charge in [0.2, 0.25) is 0 Å². The van der Waals surface area contributed by atoms with Gasteiger partial charge in [0.05, 0.1) is 18.0 Å². The van der Waals surface area contributed by atoms with Gasteiger partial charge in [-0.05, 0) is 18.9 Å². The molecule has 0 amide bonds. The van der Waals surface area contributed by atoms with Gasteiger partial charge in [-0.3, -0.25) is 0 Å². The van der Waals surface area contributed by atoms with Crippen molar-refractivity contribution in [2.75, 3.05) is 5.75 Å². The van der Waals surface area contributed by atoms with Crippen molar-refractivity contribution in [3.8, 4) is 0 Å². The van der Waals surface area contributed by atoms with E-state index < -0.39 is 9.84 Å². The SMILES string of the molecule is O=S1(=O)C=CC(OC2CC2)C1. The summed E-state index contributed by atoms with van der Waals surface area (Å²) in [5, 5.41) is 1.25. The summed E-state index contributed by atoms with van der Waals surface area (Å²) in [5.41, 5.74) is 0. The molecule has 62 valence electrons. The van der Waals surface area contributed by atoms with Gasteiger partial charge in [-0.25, -0.2) is 8.42 Å². The number of rotatable bonds is 2. The zero-order valence-corrected chi connectivity index (χ0v) is 6.88. The molecule has 3 nitrogen and oxygen atoms in total. The molecule has 1 atom stereocenters. The van der Waals surface area contributed by atoms with Crippen LogP contribution in [0, 0.1) is 0 Å². The first-order valence-corrected chi connectivity index (χ1v) is 5.44. The van der Waals surface area contributed by atoms with E-state index >= 15 is 0 Å². The van der Waals surface area contributed by atoms with Crippen LogP contribution >= 0.6 is 0 Å². The lowest BCUT2D eigenvalue weighted by molar-refractivity contribution is 0.0867. The van der Waals surface area contributed by atoms with Crippen LogP contribution in [0.25, 0.3) is 0 Å². The molecule has 0 aromatic heterocycles. The molecule has 0 bridgehead atoms. The molecule has 0 aromatic carbocycles. The summed E-state index contributed by atoms with van der Waals surface area (Å²) in [4.78, 5) is 0. The number of sulfone groups is 1. The fourth-order valence-electron chi connectivity index (χ4n) is 1.08. The van der Waals surface area contributed by atoms with Crippen LogP contribution in [0.2, 0.25) is 0 Å². The van der Waals surface area contributed by atoms with Crippen LogP contribution in [-0.4, -0.2) is 26.4 Å². The third kappa shape index (κ3) is 1.81. The summed E-state index contributed by atoms with van der Waals surface area (Å²) in [5.74, 6) is 0.142. The van der Waals surface area contributed by atoms with Crippen LogP contribution < -0.4 is 0 Å². The molecule has 1 aliphatic carbocycles. The molecule has 0 radical (unpaired) electrons. The van der Waals surface area contributed by atoms with Crippen molar-refractivity contribution in [2.45, 2.75) is 25.0 Å². The zero-order valence-electron chi connectivity index (χ0n) is 6.06. The van der Waals surface area contributed by atoms with Crippen molar-refractivity contribution in [3.63, 3.8) is 0 Å². The van der Waals surface area contributed by atoms with E-state index in [9.17, 15) is 8.42 Å². The summed E-state index contributed by atoms with van der Waals surface area (Å²) in [6.45, 7) is 0. The monoisotopic (exact) mass is 174 g/mol. The highest BCUT2D eigenvalue weighted by atomic mass is 32.2. The first-order chi connectivity index (χ1) is 5.16. The van der Waals surface area contributed by atoms with Crippen molar-refractivity contribution >= 4 is 9.84 Å². The van der Waals surface area contributed by atoms with Gasteiger partial charge in [0.25, 0.3) is 0 Å². The molecule has 0 saturated heterocycles. The summed E-state index contributed by atoms with van der Waals surface area (Å²) >= 11 is 0. The Morgan fingerprint density at radius 2 is 2.09 bits per heavy atom. The average Bonchev–Trinajstić information content (AvgIpc) is 2.61. The summed E-state index contributed by atoms with van der Waals surface area (Å²) in [7, 11) is -2.92. The highest BCUT2D eigenvalue weighted by molar-refractivity contribution is 7.94. The lowest BCUT2D eigenvalue weighted by Crippen LogP contribution is -2.15. The zero-order chi connectivity index (χ0) is 7.90. The van der Waals surface area contributed by atoms with E-state index in [-0.39, 0.29) is 11.9 Å². The molecule has 1 unspecified atom stereocenters. The average molecular weight is 174 g/mol. The molecule has 1 saturated carbocycles. The summed E-state index contributed by atoms with van der Waals surface area (Å²) in [6.07, 6.45) is 3.97. The first kappa shape index (κ1) is 7.31. The van der Waals surface area contributed by atoms with Gasteiger partial charge in [-0.2, -0.15) is 0 Å². The minimum Gasteiger partial charge on any atom is -0.370 e. The normalized spacial score (nSPS) is 34.4. The Labute approximate surface area is 66.0 Å². The van der Waals surface area contributed by atoms with Gasteiger partial charge in [-0.1, -0.05) is 0 Å². The number of hydrogen-bond donors (Lipinski definition) is 0. The Morgan fingerprint density at radius 3 is 2.55 bits per heavy atom. The molecular formula is C7H10O3S. The molecule has 1 fully saturated rings. The minimum absolute atomic E-state index is 0.142. The van der Waals surface area contributed by atoms with E-state index in [2.05, 4.69) is 0 Å². The van der Waals surface area contributed by atoms with E-state index in [4.69, 9.17) is 4.74 Å². The predicted molar refractivity (Wildman–Crippen MR) is 40.8 cm³/mol. The Kier molecular flexibility index (Phi) is 1.54. The fourth-order valence-corrected chi connectivity index (χ4v) is 2.26. The minimum atomic E-state index is -2.92. The Hall–Kier alpha value is -0.350. The van der Waals surface area contributed by atoms with Crippen LogP contribution in [0.4, 0.5) is 0 Å². The van der Waals surface area contributed by atoms with E-state index in [1.54, 1.807) is 6.08 Å². The Morgan fingerprint density at radius 1 is 1.36 bits per heavy atom. The highest BCUT2D eigenvalue weighted by Gasteiger charge is 2.30. The predicted octanol–water partition coefficient (Wildman–Crippen LogP) is 0.476. The fraction of sp³-hybridized carbons (Fsp3) is 0.714. The van der Waals surface area contributed by atoms with E-state index in [1.807, 2.05) is 0 Å². The topological polar surface area (TPSA) is 43.4 Å². The number of ether oxygens (including phenoxy) is 1. The van der Waals surface area contributed by atoms with Gasteiger partial charge in [0, 0.05) is 5.41 Å². The van der Waals surface area contributed by atoms with Crippen LogP contribution in [-0.2, 0) is 14.6 Å². The van der Waals surface area contributed by atoms with E-state index in [0.717, 1.165) is 12.8 Å². The van der Waals surface area contributed by atoms with Gasteiger partial charge >= 0.3 is 0 Å². The quantitative estimate of drug-likeness (QED) is 0.611. The van der Waals surface area contributed by atoms with Crippen molar-refractivity contribution in [3.05, 3.63) is 11.5 Å². The lowest BCUT2D eigenvalue weighted by Gasteiger charge is -2.05. The van der Waals surface area contributed by atoms with Crippen LogP contribution in [0.1, 0.15) is 12.8 Å². The van der Waals surface area contributed by atoms with Crippen molar-refractivity contribution in [1.29, 1.82) is 0 Å². The Bertz CT molecular complexity index is 274. The molecule has 4 heteroatoms. The maximum atomic E-state index is 10.9. The third-order valence-electron chi connectivity index (χ3n) is 1.79. The smallest absolute Gasteiger partial charge is 0.174 e. The van der Waals surface area contributed by atoms with E-state index in [0.29, 0.717) is 6.10 Å². The molecule has 0 spiro atoms. The second kappa shape index (κ2) is 2.32. The van der Waals surface area contributed by atoms with Crippen LogP contribution in [0.5, 0.6) is 0 Å². The van der Waals surface area contributed by atoms with Crippen molar-refractivity contribution in [2.24, 2.45) is 0 Å². The number of hydrogen-bond acceptors (Lipinski definition) is 3. The van der Waals surface area contributed by atoms with Crippen molar-refractivity contribution < 1.29 is 13.2 Å². The highest BCUT2D eigenvalue weighted by Crippen LogP contribution is 2.27. The lowest BCUT2D eigenvalue weighted by atomic mass is 10.4. The van der Waals surface area contributed by atoms with Gasteiger partial charge in [-0.15, -0.1) is 0 Å². The largest absolute Gasteiger partial charge is 0.370 e. The molecule has 11 heavy (non-hydrogen) atoms. The standard InChI is InChI=1S/C7H10O3S/c8-11(9)4-3-7(5-11)10-6-1-2-6/h3-4,6-7H,1-2,5H2. The second-order valence-electron chi connectivity index (χ2n) is 3.03. The molecule has 1 heterocycles. The molecule has 0 aromatic rings. The summed E-state index contributed by atoms with van der Waals surface area (Å²) in [6, 6.07) is 0. The van der Waals surface area contributed by atoms with Crippen molar-refractivity contribution in [1.82, 2.24) is 0 Å². The summed E-state index contributed by atoms with van der Waals surface area (Å²) < 4.78 is 27.1. The second-order valence-corrected chi connectivity index (χ2v) is 4.96. The first-order valence-electron chi connectivity index (χ1n) is 3.72. The maximum Gasteiger partial charge on any atom is 0.174 e. The molecular weight excluding hydrogens is 164 g/mol. The van der Waals surface area contributed by atoms with Crippen LogP contribution in [0.15, 0.2) is 11.5 Å². The van der Waals surface area contributed by atoms with E-state index in [1.165, 1.54) is 5.41 Å². The van der Waals surface area contributed by atoms with Gasteiger partial charge in [0.15, 0.2) is 9.84 Å².